The molecule has 44 heavy (non-hydrogen) atoms. The van der Waals surface area contributed by atoms with Crippen molar-refractivity contribution < 1.29 is 14.4 Å². The molecule has 238 valence electrons. The second-order valence-corrected chi connectivity index (χ2v) is 16.2. The third-order valence-electron chi connectivity index (χ3n) is 9.47. The molecule has 0 radical (unpaired) electrons. The predicted molar refractivity (Wildman–Crippen MR) is 177 cm³/mol. The summed E-state index contributed by atoms with van der Waals surface area (Å²) in [7, 11) is 0. The largest absolute Gasteiger partial charge is 0.342 e. The minimum absolute atomic E-state index is 0.0399. The number of carbonyl (C=O) groups excluding carboxylic acids is 3. The number of carbonyl (C=O) groups is 3. The first kappa shape index (κ1) is 31.4. The molecule has 11 heteroatoms. The molecule has 0 aliphatic carbocycles. The number of likely N-dealkylation sites (tertiary alicyclic amines) is 1. The fraction of sp³-hybridized carbons (Fsp3) is 0.636. The Morgan fingerprint density at radius 2 is 1.80 bits per heavy atom. The molecule has 2 atom stereocenters. The van der Waals surface area contributed by atoms with Gasteiger partial charge in [-0.2, -0.15) is 0 Å². The number of hydrogen-bond donors (Lipinski definition) is 2. The summed E-state index contributed by atoms with van der Waals surface area (Å²) in [5, 5.41) is 7.21. The highest BCUT2D eigenvalue weighted by Crippen LogP contribution is 2.47. The van der Waals surface area contributed by atoms with Crippen LogP contribution in [0.5, 0.6) is 0 Å². The molecular formula is C33H46N6O3S2. The number of amides is 4. The van der Waals surface area contributed by atoms with Crippen LogP contribution in [0.15, 0.2) is 30.5 Å². The smallest absolute Gasteiger partial charge is 0.322 e. The zero-order valence-electron chi connectivity index (χ0n) is 26.2. The van der Waals surface area contributed by atoms with Crippen molar-refractivity contribution in [2.45, 2.75) is 88.3 Å². The van der Waals surface area contributed by atoms with Gasteiger partial charge < -0.3 is 25.3 Å². The fourth-order valence-electron chi connectivity index (χ4n) is 6.75. The number of piperidine rings is 2. The fourth-order valence-corrected chi connectivity index (χ4v) is 9.50. The van der Waals surface area contributed by atoms with Gasteiger partial charge in [0.05, 0.1) is 15.1 Å². The molecule has 4 aliphatic heterocycles. The van der Waals surface area contributed by atoms with E-state index in [-0.39, 0.29) is 46.3 Å². The maximum absolute atomic E-state index is 13.8. The minimum atomic E-state index is -0.385. The highest BCUT2D eigenvalue weighted by Gasteiger charge is 2.44. The Balaban J connectivity index is 1.07. The number of benzene rings is 1. The molecule has 4 aliphatic rings. The molecule has 9 nitrogen and oxygen atoms in total. The Labute approximate surface area is 269 Å². The van der Waals surface area contributed by atoms with Crippen LogP contribution in [-0.2, 0) is 16.0 Å². The highest BCUT2D eigenvalue weighted by atomic mass is 32.2. The van der Waals surface area contributed by atoms with Crippen LogP contribution in [0.4, 0.5) is 10.5 Å². The van der Waals surface area contributed by atoms with Gasteiger partial charge in [0.1, 0.15) is 5.37 Å². The van der Waals surface area contributed by atoms with E-state index in [9.17, 15) is 14.4 Å². The van der Waals surface area contributed by atoms with E-state index in [1.165, 1.54) is 5.01 Å². The number of nitrogens with one attached hydrogen (secondary N) is 2. The Hall–Kier alpha value is -2.63. The lowest BCUT2D eigenvalue weighted by atomic mass is 9.92. The summed E-state index contributed by atoms with van der Waals surface area (Å²) in [6.45, 7) is 11.2. The summed E-state index contributed by atoms with van der Waals surface area (Å²) in [6, 6.07) is 8.03. The summed E-state index contributed by atoms with van der Waals surface area (Å²) in [6.07, 6.45) is 7.62. The third-order valence-corrected chi connectivity index (χ3v) is 12.3. The van der Waals surface area contributed by atoms with Crippen LogP contribution in [0.25, 0.3) is 0 Å². The second-order valence-electron chi connectivity index (χ2n) is 13.8. The van der Waals surface area contributed by atoms with Gasteiger partial charge in [0.25, 0.3) is 0 Å². The van der Waals surface area contributed by atoms with Crippen molar-refractivity contribution in [3.63, 3.8) is 0 Å². The average Bonchev–Trinajstić information content (AvgIpc) is 3.57. The number of thiazole rings is 1. The van der Waals surface area contributed by atoms with E-state index in [0.717, 1.165) is 67.7 Å². The number of anilines is 1. The summed E-state index contributed by atoms with van der Waals surface area (Å²) < 4.78 is 0. The quantitative estimate of drug-likeness (QED) is 0.418. The van der Waals surface area contributed by atoms with Crippen LogP contribution >= 0.6 is 23.1 Å². The molecule has 6 rings (SSSR count). The monoisotopic (exact) mass is 638 g/mol. The Morgan fingerprint density at radius 1 is 1.05 bits per heavy atom. The number of thioether (sulfide) groups is 1. The lowest BCUT2D eigenvalue weighted by Crippen LogP contribution is -2.50. The Morgan fingerprint density at radius 3 is 2.55 bits per heavy atom. The molecule has 1 unspecified atom stereocenters. The van der Waals surface area contributed by atoms with Gasteiger partial charge in [0.2, 0.25) is 11.8 Å². The molecule has 3 saturated heterocycles. The summed E-state index contributed by atoms with van der Waals surface area (Å²) >= 11 is 3.38. The van der Waals surface area contributed by atoms with E-state index < -0.39 is 0 Å². The van der Waals surface area contributed by atoms with Crippen LogP contribution in [0.2, 0.25) is 0 Å². The Bertz CT molecular complexity index is 1340. The van der Waals surface area contributed by atoms with Gasteiger partial charge >= 0.3 is 6.03 Å². The number of aromatic nitrogens is 1. The molecule has 1 aromatic carbocycles. The lowest BCUT2D eigenvalue weighted by molar-refractivity contribution is -0.137. The van der Waals surface area contributed by atoms with Crippen molar-refractivity contribution in [3.05, 3.63) is 45.9 Å². The zero-order chi connectivity index (χ0) is 30.8. The van der Waals surface area contributed by atoms with E-state index >= 15 is 0 Å². The van der Waals surface area contributed by atoms with Crippen molar-refractivity contribution in [1.82, 2.24) is 25.0 Å². The topological polar surface area (TPSA) is 97.9 Å². The van der Waals surface area contributed by atoms with E-state index in [0.29, 0.717) is 32.1 Å². The first-order valence-electron chi connectivity index (χ1n) is 16.2. The van der Waals surface area contributed by atoms with Crippen LogP contribution in [0.3, 0.4) is 0 Å². The summed E-state index contributed by atoms with van der Waals surface area (Å²) in [4.78, 5) is 52.2. The molecule has 0 bridgehead atoms. The van der Waals surface area contributed by atoms with Crippen LogP contribution in [0, 0.1) is 5.41 Å². The van der Waals surface area contributed by atoms with Crippen molar-refractivity contribution in [2.75, 3.05) is 44.6 Å². The number of para-hydroxylation sites is 1. The molecule has 3 fully saturated rings. The summed E-state index contributed by atoms with van der Waals surface area (Å²) in [5.74, 6) is 0.597. The molecule has 0 spiro atoms. The highest BCUT2D eigenvalue weighted by molar-refractivity contribution is 8.01. The number of nitrogens with zero attached hydrogens (tertiary/aromatic N) is 4. The maximum atomic E-state index is 13.8. The van der Waals surface area contributed by atoms with E-state index in [2.05, 4.69) is 37.5 Å². The minimum Gasteiger partial charge on any atom is -0.342 e. The number of urea groups is 1. The lowest BCUT2D eigenvalue weighted by Gasteiger charge is -2.38. The van der Waals surface area contributed by atoms with Crippen molar-refractivity contribution >= 4 is 46.6 Å². The molecule has 4 amide bonds. The van der Waals surface area contributed by atoms with Crippen LogP contribution < -0.4 is 10.6 Å². The molecule has 2 N–H and O–H groups in total. The van der Waals surface area contributed by atoms with Gasteiger partial charge in [0, 0.05) is 56.4 Å². The van der Waals surface area contributed by atoms with Crippen LogP contribution in [0.1, 0.15) is 86.0 Å². The van der Waals surface area contributed by atoms with Crippen molar-refractivity contribution in [3.8, 4) is 0 Å². The summed E-state index contributed by atoms with van der Waals surface area (Å²) in [5.41, 5.74) is 2.15. The third kappa shape index (κ3) is 7.10. The van der Waals surface area contributed by atoms with E-state index in [1.807, 2.05) is 39.1 Å². The van der Waals surface area contributed by atoms with Gasteiger partial charge in [-0.25, -0.2) is 9.78 Å². The zero-order valence-corrected chi connectivity index (χ0v) is 27.9. The molecule has 0 saturated carbocycles. The van der Waals surface area contributed by atoms with Gasteiger partial charge in [-0.05, 0) is 68.7 Å². The maximum Gasteiger partial charge on any atom is 0.322 e. The van der Waals surface area contributed by atoms with Crippen molar-refractivity contribution in [2.24, 2.45) is 5.41 Å². The number of fused-ring (bicyclic) bond motifs is 1. The molecule has 5 heterocycles. The second kappa shape index (κ2) is 13.4. The average molecular weight is 639 g/mol. The first-order chi connectivity index (χ1) is 21.2. The van der Waals surface area contributed by atoms with Crippen molar-refractivity contribution in [1.29, 1.82) is 0 Å². The Kier molecular flexibility index (Phi) is 9.54. The number of rotatable bonds is 7. The molecule has 1 aromatic heterocycles. The van der Waals surface area contributed by atoms with Gasteiger partial charge in [-0.1, -0.05) is 39.0 Å². The standard InChI is InChI=1S/C33H46N6O3S2/c1-33(2,3)13-19-39-30(41)26(44-31(39)27-21-35-29(43-27)23-8-14-34-15-9-23)20-28(40)37-16-11-24(12-17-37)38-18-10-22-6-4-5-7-25(22)36-32(38)42/h4-7,21,23-24,26,31,34H,8-20H2,1-3H3,(H,36,42)/t26-,31?/m0/s1. The normalized spacial score (nSPS) is 23.9. The van der Waals surface area contributed by atoms with Crippen LogP contribution in [-0.4, -0.2) is 88.1 Å². The van der Waals surface area contributed by atoms with Gasteiger partial charge in [-0.3, -0.25) is 9.59 Å². The molecule has 2 aromatic rings. The number of hydrogen-bond acceptors (Lipinski definition) is 7. The van der Waals surface area contributed by atoms with E-state index in [1.54, 1.807) is 23.1 Å². The first-order valence-corrected chi connectivity index (χ1v) is 18.0. The van der Waals surface area contributed by atoms with Gasteiger partial charge in [-0.15, -0.1) is 23.1 Å². The predicted octanol–water partition coefficient (Wildman–Crippen LogP) is 5.46. The van der Waals surface area contributed by atoms with E-state index in [4.69, 9.17) is 4.98 Å². The van der Waals surface area contributed by atoms with Gasteiger partial charge in [0.15, 0.2) is 0 Å². The SMILES string of the molecule is CC(C)(C)CCN1C(=O)[C@H](CC(=O)N2CCC(N3CCc4ccccc4NC3=O)CC2)SC1c1cnc(C2CCNCC2)s1. The molecular weight excluding hydrogens is 593 g/mol.